The molecule has 3 aromatic rings. The zero-order valence-electron chi connectivity index (χ0n) is 33.9. The molecule has 0 fully saturated rings. The van der Waals surface area contributed by atoms with E-state index < -0.39 is 0 Å². The molecule has 0 amide bonds. The van der Waals surface area contributed by atoms with Crippen LogP contribution < -0.4 is 0 Å². The highest BCUT2D eigenvalue weighted by Gasteiger charge is 2.24. The van der Waals surface area contributed by atoms with Crippen molar-refractivity contribution in [3.63, 3.8) is 0 Å². The van der Waals surface area contributed by atoms with Crippen LogP contribution in [0.5, 0.6) is 0 Å². The summed E-state index contributed by atoms with van der Waals surface area (Å²) in [6.45, 7) is 4.62. The number of aromatic amines is 2. The van der Waals surface area contributed by atoms with E-state index in [1.807, 2.05) is 49.1 Å². The number of rotatable bonds is 12. The van der Waals surface area contributed by atoms with E-state index in [-0.39, 0.29) is 38.8 Å². The van der Waals surface area contributed by atoms with Gasteiger partial charge in [0.1, 0.15) is 0 Å². The normalized spacial score (nSPS) is 16.9. The Morgan fingerprint density at radius 1 is 0.410 bits per heavy atom. The topological polar surface area (TPSA) is 151 Å². The molecule has 61 heavy (non-hydrogen) atoms. The second-order valence-corrected chi connectivity index (χ2v) is 15.4. The van der Waals surface area contributed by atoms with Crippen molar-refractivity contribution < 1.29 is 20.4 Å². The number of halogens is 1. The lowest BCUT2D eigenvalue weighted by molar-refractivity contribution is 0.246. The van der Waals surface area contributed by atoms with E-state index in [0.29, 0.717) is 52.4 Å². The molecule has 0 aromatic carbocycles. The summed E-state index contributed by atoms with van der Waals surface area (Å²) >= 11 is 0. The summed E-state index contributed by atoms with van der Waals surface area (Å²) < 4.78 is 0. The highest BCUT2D eigenvalue weighted by molar-refractivity contribution is 5.97. The molecule has 0 aliphatic carbocycles. The molecule has 3 aromatic heterocycles. The van der Waals surface area contributed by atoms with Crippen molar-refractivity contribution in [1.82, 2.24) is 39.5 Å². The van der Waals surface area contributed by atoms with Crippen molar-refractivity contribution in [2.45, 2.75) is 0 Å². The predicted molar refractivity (Wildman–Crippen MR) is 249 cm³/mol. The van der Waals surface area contributed by atoms with Crippen molar-refractivity contribution in [2.24, 2.45) is 0 Å². The van der Waals surface area contributed by atoms with E-state index in [2.05, 4.69) is 102 Å². The van der Waals surface area contributed by atoms with E-state index in [1.54, 1.807) is 0 Å². The number of aliphatic hydroxyl groups excluding tert-OH is 4. The van der Waals surface area contributed by atoms with Crippen LogP contribution in [-0.4, -0.2) is 139 Å². The van der Waals surface area contributed by atoms with E-state index in [4.69, 9.17) is 9.97 Å². The standard InChI is InChI=1S/C48H50N8O4.ClH/c57-25-21-53-17-1-5-33(29-53)45-37-9-11-39(49-37)46(34-6-2-18-54(30-34)22-26-58)41-13-15-43(51-41)48(36-8-4-20-56(32-36)24-28-60)44-16-14-42(52-44)47(40-12-10-38(45)50-40)35-7-3-19-55(31-35)23-27-59;/h1-20,49,52,57-60H,21-32H2;1H. The summed E-state index contributed by atoms with van der Waals surface area (Å²) in [4.78, 5) is 27.0. The van der Waals surface area contributed by atoms with Crippen molar-refractivity contribution >= 4 is 81.1 Å². The first-order valence-corrected chi connectivity index (χ1v) is 20.6. The molecular formula is C48H51ClN8O4. The number of β-amino-alcohol motifs (C(OH)–C–C–N with tert-alkyl or cyclic N) is 4. The van der Waals surface area contributed by atoms with E-state index in [1.165, 1.54) is 0 Å². The quantitative estimate of drug-likeness (QED) is 0.0898. The Balaban J connectivity index is 0.00000514. The maximum absolute atomic E-state index is 9.88. The third-order valence-electron chi connectivity index (χ3n) is 11.5. The highest BCUT2D eigenvalue weighted by atomic mass is 35.5. The van der Waals surface area contributed by atoms with Crippen molar-refractivity contribution in [3.8, 4) is 0 Å². The van der Waals surface area contributed by atoms with Gasteiger partial charge in [0.05, 0.1) is 49.2 Å². The molecule has 13 heteroatoms. The summed E-state index contributed by atoms with van der Waals surface area (Å²) in [6, 6.07) is 8.49. The molecule has 6 aliphatic heterocycles. The van der Waals surface area contributed by atoms with Crippen LogP contribution in [0.2, 0.25) is 0 Å². The molecule has 9 heterocycles. The maximum Gasteiger partial charge on any atom is 0.0734 e. The van der Waals surface area contributed by atoms with Gasteiger partial charge in [0.15, 0.2) is 0 Å². The zero-order valence-corrected chi connectivity index (χ0v) is 34.7. The third kappa shape index (κ3) is 8.59. The van der Waals surface area contributed by atoms with E-state index in [9.17, 15) is 20.4 Å². The van der Waals surface area contributed by atoms with Gasteiger partial charge in [0.25, 0.3) is 0 Å². The Morgan fingerprint density at radius 3 is 0.885 bits per heavy atom. The van der Waals surface area contributed by atoms with Crippen molar-refractivity contribution in [1.29, 1.82) is 0 Å². The van der Waals surface area contributed by atoms with Gasteiger partial charge in [-0.1, -0.05) is 24.3 Å². The summed E-state index contributed by atoms with van der Waals surface area (Å²) in [7, 11) is 0. The summed E-state index contributed by atoms with van der Waals surface area (Å²) in [5.41, 5.74) is 15.0. The van der Waals surface area contributed by atoms with Crippen molar-refractivity contribution in [2.75, 3.05) is 78.8 Å². The number of aromatic nitrogens is 4. The van der Waals surface area contributed by atoms with Crippen LogP contribution in [0, 0.1) is 0 Å². The molecule has 12 nitrogen and oxygen atoms in total. The summed E-state index contributed by atoms with van der Waals surface area (Å²) in [5, 5.41) is 39.5. The Morgan fingerprint density at radius 2 is 0.656 bits per heavy atom. The van der Waals surface area contributed by atoms with Gasteiger partial charge in [0, 0.05) is 96.7 Å². The third-order valence-corrected chi connectivity index (χ3v) is 11.5. The molecule has 0 atom stereocenters. The Labute approximate surface area is 361 Å². The number of hydrogen-bond acceptors (Lipinski definition) is 10. The molecule has 6 N–H and O–H groups in total. The van der Waals surface area contributed by atoms with Gasteiger partial charge in [0.2, 0.25) is 0 Å². The second kappa shape index (κ2) is 18.6. The first-order valence-electron chi connectivity index (χ1n) is 20.6. The fraction of sp³-hybridized carbons (Fsp3) is 0.250. The average molecular weight is 839 g/mol. The highest BCUT2D eigenvalue weighted by Crippen LogP contribution is 2.37. The first-order chi connectivity index (χ1) is 29.5. The second-order valence-electron chi connectivity index (χ2n) is 15.4. The molecular weight excluding hydrogens is 788 g/mol. The Hall–Kier alpha value is -6.15. The molecule has 0 unspecified atom stereocenters. The Bertz CT molecular complexity index is 2310. The fourth-order valence-corrected chi connectivity index (χ4v) is 8.75. The number of H-pyrrole nitrogens is 2. The zero-order chi connectivity index (χ0) is 41.0. The minimum atomic E-state index is 0. The molecule has 8 bridgehead atoms. The van der Waals surface area contributed by atoms with Gasteiger partial charge < -0.3 is 50.0 Å². The molecule has 6 aliphatic rings. The summed E-state index contributed by atoms with van der Waals surface area (Å²) in [6.07, 6.45) is 33.0. The monoisotopic (exact) mass is 838 g/mol. The lowest BCUT2D eigenvalue weighted by Gasteiger charge is -2.25. The molecule has 0 radical (unpaired) electrons. The SMILES string of the molecule is Cl.OCCN1C=CC=C(c2c3nc(c(C4=CC=CN(CCO)C4)c4ccc([nH]4)c(C4=CC=CN(CCO)C4)c4nc(c(C5=CC=CN(CCO)C5)c5ccc2[nH]5)C=C4)C=C3)C1. The lowest BCUT2D eigenvalue weighted by Crippen LogP contribution is -2.25. The van der Waals surface area contributed by atoms with Gasteiger partial charge >= 0.3 is 0 Å². The van der Waals surface area contributed by atoms with Crippen LogP contribution in [0.15, 0.2) is 97.7 Å². The summed E-state index contributed by atoms with van der Waals surface area (Å²) in [5.74, 6) is 0. The number of allylic oxidation sites excluding steroid dienone is 8. The van der Waals surface area contributed by atoms with Crippen LogP contribution in [0.4, 0.5) is 0 Å². The lowest BCUT2D eigenvalue weighted by atomic mass is 10.0. The molecule has 0 saturated heterocycles. The number of fused-ring (bicyclic) bond motifs is 8. The van der Waals surface area contributed by atoms with Crippen LogP contribution >= 0.6 is 12.4 Å². The smallest absolute Gasteiger partial charge is 0.0734 e. The largest absolute Gasteiger partial charge is 0.395 e. The predicted octanol–water partition coefficient (Wildman–Crippen LogP) is 5.90. The fourth-order valence-electron chi connectivity index (χ4n) is 8.75. The van der Waals surface area contributed by atoms with Crippen LogP contribution in [-0.2, 0) is 0 Å². The van der Waals surface area contributed by atoms with E-state index >= 15 is 0 Å². The Kier molecular flexibility index (Phi) is 12.7. The van der Waals surface area contributed by atoms with Gasteiger partial charge in [-0.2, -0.15) is 0 Å². The van der Waals surface area contributed by atoms with Gasteiger partial charge in [-0.05, 0) is 120 Å². The minimum absolute atomic E-state index is 0. The number of aliphatic hydroxyl groups is 4. The average Bonchev–Trinajstić information content (AvgIpc) is 4.10. The van der Waals surface area contributed by atoms with Crippen LogP contribution in [0.25, 0.3) is 68.7 Å². The number of nitrogens with zero attached hydrogens (tertiary/aromatic N) is 6. The molecule has 0 saturated carbocycles. The number of nitrogens with one attached hydrogen (secondary N) is 2. The first kappa shape index (κ1) is 41.6. The molecule has 9 rings (SSSR count). The van der Waals surface area contributed by atoms with E-state index in [0.717, 1.165) is 89.4 Å². The van der Waals surface area contributed by atoms with Crippen LogP contribution in [0.1, 0.15) is 45.0 Å². The molecule has 0 spiro atoms. The van der Waals surface area contributed by atoms with Gasteiger partial charge in [-0.3, -0.25) is 0 Å². The van der Waals surface area contributed by atoms with Crippen LogP contribution in [0.3, 0.4) is 0 Å². The van der Waals surface area contributed by atoms with Gasteiger partial charge in [-0.25, -0.2) is 9.97 Å². The maximum atomic E-state index is 9.88. The molecule has 314 valence electrons. The number of hydrogen-bond donors (Lipinski definition) is 6. The minimum Gasteiger partial charge on any atom is -0.395 e. The van der Waals surface area contributed by atoms with Crippen molar-refractivity contribution in [3.05, 3.63) is 143 Å². The van der Waals surface area contributed by atoms with Gasteiger partial charge in [-0.15, -0.1) is 12.4 Å².